The summed E-state index contributed by atoms with van der Waals surface area (Å²) in [5.74, 6) is 0.781. The molecule has 21 heavy (non-hydrogen) atoms. The number of aromatic nitrogens is 1. The lowest BCUT2D eigenvalue weighted by Gasteiger charge is -2.13. The van der Waals surface area contributed by atoms with Crippen LogP contribution in [0.3, 0.4) is 0 Å². The van der Waals surface area contributed by atoms with Crippen LogP contribution in [0.2, 0.25) is 0 Å². The summed E-state index contributed by atoms with van der Waals surface area (Å²) in [6, 6.07) is 7.76. The second kappa shape index (κ2) is 6.43. The summed E-state index contributed by atoms with van der Waals surface area (Å²) >= 11 is 0. The molecule has 5 nitrogen and oxygen atoms in total. The first-order valence-corrected chi connectivity index (χ1v) is 6.96. The highest BCUT2D eigenvalue weighted by Gasteiger charge is 2.11. The smallest absolute Gasteiger partial charge is 0.224 e. The zero-order valence-electron chi connectivity index (χ0n) is 12.9. The van der Waals surface area contributed by atoms with Crippen LogP contribution in [0.15, 0.2) is 28.8 Å². The molecule has 2 aromatic rings. The van der Waals surface area contributed by atoms with Crippen molar-refractivity contribution in [3.8, 4) is 0 Å². The first-order valence-electron chi connectivity index (χ1n) is 6.96. The van der Waals surface area contributed by atoms with E-state index in [1.54, 1.807) is 0 Å². The normalized spacial score (nSPS) is 10.5. The molecule has 5 heteroatoms. The first-order chi connectivity index (χ1) is 9.97. The number of aryl methyl sites for hydroxylation is 2. The maximum Gasteiger partial charge on any atom is 0.224 e. The lowest BCUT2D eigenvalue weighted by atomic mass is 10.1. The monoisotopic (exact) mass is 287 g/mol. The Balaban J connectivity index is 1.90. The van der Waals surface area contributed by atoms with Gasteiger partial charge in [0.25, 0.3) is 0 Å². The molecule has 1 aromatic carbocycles. The van der Waals surface area contributed by atoms with Crippen LogP contribution >= 0.6 is 0 Å². The van der Waals surface area contributed by atoms with Gasteiger partial charge in [-0.25, -0.2) is 0 Å². The highest BCUT2D eigenvalue weighted by atomic mass is 16.5. The molecule has 0 saturated heterocycles. The van der Waals surface area contributed by atoms with Gasteiger partial charge >= 0.3 is 0 Å². The summed E-state index contributed by atoms with van der Waals surface area (Å²) in [6.07, 6.45) is 1.06. The van der Waals surface area contributed by atoms with Crippen molar-refractivity contribution in [2.75, 3.05) is 24.3 Å². The van der Waals surface area contributed by atoms with Crippen LogP contribution in [0, 0.1) is 13.8 Å². The maximum absolute atomic E-state index is 12.0. The van der Waals surface area contributed by atoms with Crippen molar-refractivity contribution in [2.24, 2.45) is 0 Å². The second-order valence-corrected chi connectivity index (χ2v) is 5.29. The van der Waals surface area contributed by atoms with Crippen LogP contribution in [-0.2, 0) is 11.2 Å². The van der Waals surface area contributed by atoms with Crippen molar-refractivity contribution >= 4 is 17.3 Å². The number of carbonyl (C=O) groups excluding carboxylic acids is 1. The van der Waals surface area contributed by atoms with E-state index in [0.29, 0.717) is 12.8 Å². The van der Waals surface area contributed by atoms with Crippen molar-refractivity contribution in [1.29, 1.82) is 0 Å². The van der Waals surface area contributed by atoms with Crippen molar-refractivity contribution < 1.29 is 9.32 Å². The molecule has 1 N–H and O–H groups in total. The average molecular weight is 287 g/mol. The van der Waals surface area contributed by atoms with E-state index < -0.39 is 0 Å². The number of amides is 1. The zero-order valence-corrected chi connectivity index (χ0v) is 12.9. The molecule has 0 radical (unpaired) electrons. The highest BCUT2D eigenvalue weighted by Crippen LogP contribution is 2.17. The molecule has 1 heterocycles. The fraction of sp³-hybridized carbons (Fsp3) is 0.375. The SMILES string of the molecule is Cc1noc(C)c1CCC(=O)Nc1ccc(N(C)C)cc1. The van der Waals surface area contributed by atoms with Crippen molar-refractivity contribution in [3.63, 3.8) is 0 Å². The zero-order chi connectivity index (χ0) is 15.4. The number of anilines is 2. The highest BCUT2D eigenvalue weighted by molar-refractivity contribution is 5.91. The third kappa shape index (κ3) is 3.84. The topological polar surface area (TPSA) is 58.4 Å². The van der Waals surface area contributed by atoms with Gasteiger partial charge in [0, 0.05) is 37.5 Å². The van der Waals surface area contributed by atoms with E-state index in [-0.39, 0.29) is 5.91 Å². The van der Waals surface area contributed by atoms with Crippen LogP contribution in [-0.4, -0.2) is 25.2 Å². The van der Waals surface area contributed by atoms with Crippen LogP contribution in [0.5, 0.6) is 0 Å². The number of nitrogens with zero attached hydrogens (tertiary/aromatic N) is 2. The summed E-state index contributed by atoms with van der Waals surface area (Å²) in [4.78, 5) is 14.0. The van der Waals surface area contributed by atoms with E-state index in [1.807, 2.05) is 57.1 Å². The first kappa shape index (κ1) is 15.1. The summed E-state index contributed by atoms with van der Waals surface area (Å²) in [7, 11) is 3.97. The molecule has 1 aromatic heterocycles. The van der Waals surface area contributed by atoms with Gasteiger partial charge in [-0.05, 0) is 44.5 Å². The van der Waals surface area contributed by atoms with Gasteiger partial charge in [-0.1, -0.05) is 5.16 Å². The fourth-order valence-electron chi connectivity index (χ4n) is 2.16. The van der Waals surface area contributed by atoms with Gasteiger partial charge in [0.1, 0.15) is 5.76 Å². The molecule has 0 unspecified atom stereocenters. The molecule has 112 valence electrons. The molecule has 0 aliphatic rings. The number of benzene rings is 1. The van der Waals surface area contributed by atoms with Crippen LogP contribution in [0.4, 0.5) is 11.4 Å². The van der Waals surface area contributed by atoms with Gasteiger partial charge in [-0.2, -0.15) is 0 Å². The van der Waals surface area contributed by atoms with E-state index in [4.69, 9.17) is 4.52 Å². The Hall–Kier alpha value is -2.30. The molecule has 0 atom stereocenters. The van der Waals surface area contributed by atoms with Crippen molar-refractivity contribution in [2.45, 2.75) is 26.7 Å². The predicted molar refractivity (Wildman–Crippen MR) is 83.7 cm³/mol. The largest absolute Gasteiger partial charge is 0.378 e. The Kier molecular flexibility index (Phi) is 4.62. The molecule has 0 aliphatic carbocycles. The second-order valence-electron chi connectivity index (χ2n) is 5.29. The van der Waals surface area contributed by atoms with Gasteiger partial charge < -0.3 is 14.7 Å². The minimum Gasteiger partial charge on any atom is -0.378 e. The summed E-state index contributed by atoms with van der Waals surface area (Å²) < 4.78 is 5.10. The Morgan fingerprint density at radius 2 is 1.90 bits per heavy atom. The molecular weight excluding hydrogens is 266 g/mol. The van der Waals surface area contributed by atoms with E-state index >= 15 is 0 Å². The number of nitrogens with one attached hydrogen (secondary N) is 1. The quantitative estimate of drug-likeness (QED) is 0.918. The summed E-state index contributed by atoms with van der Waals surface area (Å²) in [6.45, 7) is 3.76. The van der Waals surface area contributed by atoms with Gasteiger partial charge in [0.05, 0.1) is 5.69 Å². The van der Waals surface area contributed by atoms with Crippen LogP contribution < -0.4 is 10.2 Å². The van der Waals surface area contributed by atoms with Crippen LogP contribution in [0.25, 0.3) is 0 Å². The molecular formula is C16H21N3O2. The molecule has 1 amide bonds. The molecule has 0 fully saturated rings. The fourth-order valence-corrected chi connectivity index (χ4v) is 2.16. The lowest BCUT2D eigenvalue weighted by molar-refractivity contribution is -0.116. The van der Waals surface area contributed by atoms with Crippen LogP contribution in [0.1, 0.15) is 23.4 Å². The van der Waals surface area contributed by atoms with E-state index in [1.165, 1.54) is 0 Å². The Morgan fingerprint density at radius 1 is 1.24 bits per heavy atom. The van der Waals surface area contributed by atoms with Gasteiger partial charge in [-0.3, -0.25) is 4.79 Å². The third-order valence-corrected chi connectivity index (χ3v) is 3.45. The Labute approximate surface area is 124 Å². The number of carbonyl (C=O) groups is 1. The lowest BCUT2D eigenvalue weighted by Crippen LogP contribution is -2.13. The number of hydrogen-bond donors (Lipinski definition) is 1. The maximum atomic E-state index is 12.0. The van der Waals surface area contributed by atoms with Gasteiger partial charge in [-0.15, -0.1) is 0 Å². The minimum atomic E-state index is -0.00685. The Morgan fingerprint density at radius 3 is 2.43 bits per heavy atom. The number of rotatable bonds is 5. The summed E-state index contributed by atoms with van der Waals surface area (Å²) in [5, 5.41) is 6.79. The third-order valence-electron chi connectivity index (χ3n) is 3.45. The molecule has 0 aliphatic heterocycles. The van der Waals surface area contributed by atoms with Crippen molar-refractivity contribution in [3.05, 3.63) is 41.3 Å². The molecule has 0 spiro atoms. The minimum absolute atomic E-state index is 0.00685. The van der Waals surface area contributed by atoms with E-state index in [2.05, 4.69) is 10.5 Å². The Bertz CT molecular complexity index is 595. The molecule has 2 rings (SSSR count). The van der Waals surface area contributed by atoms with E-state index in [9.17, 15) is 4.79 Å². The molecule has 0 bridgehead atoms. The molecule has 0 saturated carbocycles. The van der Waals surface area contributed by atoms with Gasteiger partial charge in [0.2, 0.25) is 5.91 Å². The number of hydrogen-bond acceptors (Lipinski definition) is 4. The van der Waals surface area contributed by atoms with Crippen molar-refractivity contribution in [1.82, 2.24) is 5.16 Å². The van der Waals surface area contributed by atoms with Gasteiger partial charge in [0.15, 0.2) is 0 Å². The standard InChI is InChI=1S/C16H21N3O2/c1-11-15(12(2)21-18-11)9-10-16(20)17-13-5-7-14(8-6-13)19(3)4/h5-8H,9-10H2,1-4H3,(H,17,20). The van der Waals surface area contributed by atoms with E-state index in [0.717, 1.165) is 28.4 Å². The average Bonchev–Trinajstić information content (AvgIpc) is 2.76. The predicted octanol–water partition coefficient (Wildman–Crippen LogP) is 2.93. The summed E-state index contributed by atoms with van der Waals surface area (Å²) in [5.41, 5.74) is 3.79.